The van der Waals surface area contributed by atoms with E-state index in [1.165, 1.54) is 12.0 Å². The van der Waals surface area contributed by atoms with Crippen molar-refractivity contribution in [2.24, 2.45) is 0 Å². The van der Waals surface area contributed by atoms with E-state index >= 15 is 0 Å². The molecule has 0 fully saturated rings. The van der Waals surface area contributed by atoms with Crippen molar-refractivity contribution >= 4 is 0 Å². The van der Waals surface area contributed by atoms with Gasteiger partial charge in [0.2, 0.25) is 0 Å². The van der Waals surface area contributed by atoms with Crippen LogP contribution in [0.5, 0.6) is 5.75 Å². The van der Waals surface area contributed by atoms with Gasteiger partial charge in [-0.2, -0.15) is 0 Å². The van der Waals surface area contributed by atoms with Gasteiger partial charge in [0.15, 0.2) is 0 Å². The van der Waals surface area contributed by atoms with E-state index in [0.29, 0.717) is 12.0 Å². The van der Waals surface area contributed by atoms with Crippen LogP contribution in [0.15, 0.2) is 36.9 Å². The summed E-state index contributed by atoms with van der Waals surface area (Å²) >= 11 is 0. The summed E-state index contributed by atoms with van der Waals surface area (Å²) in [4.78, 5) is 0. The van der Waals surface area contributed by atoms with Crippen molar-refractivity contribution in [3.8, 4) is 5.75 Å². The molecule has 104 valence electrons. The Morgan fingerprint density at radius 1 is 1.47 bits per heavy atom. The summed E-state index contributed by atoms with van der Waals surface area (Å²) in [5.41, 5.74) is 1.37. The van der Waals surface area contributed by atoms with Gasteiger partial charge in [0.25, 0.3) is 0 Å². The van der Waals surface area contributed by atoms with Crippen LogP contribution in [0.4, 0.5) is 0 Å². The second kappa shape index (κ2) is 7.34. The number of fused-ring (bicyclic) bond motifs is 1. The Morgan fingerprint density at radius 2 is 2.32 bits per heavy atom. The van der Waals surface area contributed by atoms with Gasteiger partial charge in [0.1, 0.15) is 5.75 Å². The first-order valence-electron chi connectivity index (χ1n) is 7.42. The van der Waals surface area contributed by atoms with Crippen LogP contribution in [0, 0.1) is 0 Å². The van der Waals surface area contributed by atoms with Gasteiger partial charge in [0, 0.05) is 12.0 Å². The summed E-state index contributed by atoms with van der Waals surface area (Å²) in [5, 5.41) is 3.71. The van der Waals surface area contributed by atoms with Crippen molar-refractivity contribution < 1.29 is 4.74 Å². The van der Waals surface area contributed by atoms with Crippen LogP contribution in [0.2, 0.25) is 0 Å². The van der Waals surface area contributed by atoms with Crippen LogP contribution in [0.1, 0.15) is 44.1 Å². The van der Waals surface area contributed by atoms with Crippen LogP contribution in [-0.4, -0.2) is 19.2 Å². The molecule has 19 heavy (non-hydrogen) atoms. The molecule has 2 atom stereocenters. The lowest BCUT2D eigenvalue weighted by atomic mass is 9.84. The van der Waals surface area contributed by atoms with Gasteiger partial charge >= 0.3 is 0 Å². The van der Waals surface area contributed by atoms with Gasteiger partial charge in [-0.25, -0.2) is 0 Å². The Labute approximate surface area is 116 Å². The summed E-state index contributed by atoms with van der Waals surface area (Å²) in [7, 11) is 0. The van der Waals surface area contributed by atoms with Gasteiger partial charge in [-0.1, -0.05) is 31.2 Å². The molecule has 0 saturated carbocycles. The predicted octanol–water partition coefficient (Wildman–Crippen LogP) is 3.89. The number of para-hydroxylation sites is 1. The Kier molecular flexibility index (Phi) is 5.46. The van der Waals surface area contributed by atoms with Gasteiger partial charge in [0.05, 0.1) is 6.61 Å². The molecule has 1 N–H and O–H groups in total. The lowest BCUT2D eigenvalue weighted by molar-refractivity contribution is 0.241. The first kappa shape index (κ1) is 14.1. The number of hydrogen-bond donors (Lipinski definition) is 1. The third kappa shape index (κ3) is 3.60. The Hall–Kier alpha value is -1.28. The van der Waals surface area contributed by atoms with E-state index in [1.807, 2.05) is 6.08 Å². The molecular weight excluding hydrogens is 234 g/mol. The summed E-state index contributed by atoms with van der Waals surface area (Å²) in [6.45, 7) is 7.99. The summed E-state index contributed by atoms with van der Waals surface area (Å²) in [6.07, 6.45) is 6.53. The molecule has 2 nitrogen and oxygen atoms in total. The number of benzene rings is 1. The second-order valence-corrected chi connectivity index (χ2v) is 5.21. The average Bonchev–Trinajstić information content (AvgIpc) is 2.47. The molecule has 2 unspecified atom stereocenters. The summed E-state index contributed by atoms with van der Waals surface area (Å²) < 4.78 is 5.76. The molecule has 0 bridgehead atoms. The highest BCUT2D eigenvalue weighted by Crippen LogP contribution is 2.36. The van der Waals surface area contributed by atoms with Crippen molar-refractivity contribution in [1.29, 1.82) is 0 Å². The normalized spacial score (nSPS) is 19.3. The first-order valence-corrected chi connectivity index (χ1v) is 7.42. The molecule has 0 spiro atoms. The standard InChI is InChI=1S/C17H25NO/c1-3-5-9-16(18-12-4-2)14-11-13-19-17-10-7-6-8-15(14)17/h3,6-8,10,14,16,18H,1,4-5,9,11-13H2,2H3. The van der Waals surface area contributed by atoms with Gasteiger partial charge in [-0.05, 0) is 43.9 Å². The van der Waals surface area contributed by atoms with Crippen molar-refractivity contribution in [2.45, 2.75) is 44.6 Å². The quantitative estimate of drug-likeness (QED) is 0.750. The number of ether oxygens (including phenoxy) is 1. The van der Waals surface area contributed by atoms with Gasteiger partial charge < -0.3 is 10.1 Å². The van der Waals surface area contributed by atoms with E-state index in [4.69, 9.17) is 4.74 Å². The molecule has 1 aliphatic rings. The minimum Gasteiger partial charge on any atom is -0.493 e. The molecule has 0 amide bonds. The zero-order valence-corrected chi connectivity index (χ0v) is 11.9. The predicted molar refractivity (Wildman–Crippen MR) is 80.8 cm³/mol. The Bertz CT molecular complexity index is 402. The highest BCUT2D eigenvalue weighted by Gasteiger charge is 2.27. The van der Waals surface area contributed by atoms with E-state index in [9.17, 15) is 0 Å². The topological polar surface area (TPSA) is 21.3 Å². The molecular formula is C17H25NO. The molecule has 1 heterocycles. The van der Waals surface area contributed by atoms with Crippen molar-refractivity contribution in [3.05, 3.63) is 42.5 Å². The summed E-state index contributed by atoms with van der Waals surface area (Å²) in [5.74, 6) is 1.64. The number of allylic oxidation sites excluding steroid dienone is 1. The van der Waals surface area contributed by atoms with E-state index in [-0.39, 0.29) is 0 Å². The lowest BCUT2D eigenvalue weighted by Crippen LogP contribution is -2.37. The molecule has 1 aromatic carbocycles. The van der Waals surface area contributed by atoms with Gasteiger partial charge in [-0.15, -0.1) is 6.58 Å². The maximum atomic E-state index is 5.76. The molecule has 0 aromatic heterocycles. The van der Waals surface area contributed by atoms with Crippen LogP contribution in [0.3, 0.4) is 0 Å². The third-order valence-corrected chi connectivity index (χ3v) is 3.83. The molecule has 1 aliphatic heterocycles. The minimum atomic E-state index is 0.531. The zero-order chi connectivity index (χ0) is 13.5. The zero-order valence-electron chi connectivity index (χ0n) is 11.9. The molecule has 1 aromatic rings. The number of nitrogens with one attached hydrogen (secondary N) is 1. The maximum Gasteiger partial charge on any atom is 0.122 e. The fourth-order valence-electron chi connectivity index (χ4n) is 2.86. The molecule has 2 rings (SSSR count). The van der Waals surface area contributed by atoms with Crippen LogP contribution < -0.4 is 10.1 Å². The Balaban J connectivity index is 2.14. The summed E-state index contributed by atoms with van der Waals surface area (Å²) in [6, 6.07) is 9.01. The fraction of sp³-hybridized carbons (Fsp3) is 0.529. The highest BCUT2D eigenvalue weighted by molar-refractivity contribution is 5.38. The average molecular weight is 259 g/mol. The molecule has 0 aliphatic carbocycles. The fourth-order valence-corrected chi connectivity index (χ4v) is 2.86. The Morgan fingerprint density at radius 3 is 3.11 bits per heavy atom. The van der Waals surface area contributed by atoms with Crippen molar-refractivity contribution in [3.63, 3.8) is 0 Å². The molecule has 0 radical (unpaired) electrons. The maximum absolute atomic E-state index is 5.76. The molecule has 0 saturated heterocycles. The van der Waals surface area contributed by atoms with Crippen LogP contribution >= 0.6 is 0 Å². The smallest absolute Gasteiger partial charge is 0.122 e. The number of hydrogen-bond acceptors (Lipinski definition) is 2. The van der Waals surface area contributed by atoms with Crippen molar-refractivity contribution in [2.75, 3.05) is 13.2 Å². The number of rotatable bonds is 7. The lowest BCUT2D eigenvalue weighted by Gasteiger charge is -2.33. The second-order valence-electron chi connectivity index (χ2n) is 5.21. The monoisotopic (exact) mass is 259 g/mol. The largest absolute Gasteiger partial charge is 0.493 e. The van der Waals surface area contributed by atoms with Crippen molar-refractivity contribution in [1.82, 2.24) is 5.32 Å². The third-order valence-electron chi connectivity index (χ3n) is 3.83. The van der Waals surface area contributed by atoms with Crippen LogP contribution in [0.25, 0.3) is 0 Å². The SMILES string of the molecule is C=CCCC(NCCC)C1CCOc2ccccc21. The molecule has 2 heteroatoms. The van der Waals surface area contributed by atoms with E-state index < -0.39 is 0 Å². The van der Waals surface area contributed by atoms with Gasteiger partial charge in [-0.3, -0.25) is 0 Å². The first-order chi connectivity index (χ1) is 9.36. The van der Waals surface area contributed by atoms with E-state index in [0.717, 1.165) is 38.2 Å². The minimum absolute atomic E-state index is 0.531. The van der Waals surface area contributed by atoms with E-state index in [1.54, 1.807) is 0 Å². The van der Waals surface area contributed by atoms with Crippen LogP contribution in [-0.2, 0) is 0 Å². The highest BCUT2D eigenvalue weighted by atomic mass is 16.5. The van der Waals surface area contributed by atoms with E-state index in [2.05, 4.69) is 43.1 Å².